The number of carboxylic acids is 2. The van der Waals surface area contributed by atoms with Crippen molar-refractivity contribution >= 4 is 51.9 Å². The van der Waals surface area contributed by atoms with Gasteiger partial charge in [-0.25, -0.2) is 9.59 Å². The molecule has 8 nitrogen and oxygen atoms in total. The standard InChI is InChI=1S/C2H2O4.Na.H2O4S.H/c3-1(4)2(5)6;;1-5(2,3)4;/h(H,3,4)(H,5,6);;(H2,1,2,3,4);. The van der Waals surface area contributed by atoms with E-state index in [1.807, 2.05) is 0 Å². The van der Waals surface area contributed by atoms with Crippen molar-refractivity contribution in [3.05, 3.63) is 0 Å². The van der Waals surface area contributed by atoms with E-state index in [1.54, 1.807) is 0 Å². The van der Waals surface area contributed by atoms with Crippen LogP contribution in [0.2, 0.25) is 0 Å². The molecule has 68 valence electrons. The maximum absolute atomic E-state index is 9.10. The summed E-state index contributed by atoms with van der Waals surface area (Å²) in [5, 5.41) is 14.8. The van der Waals surface area contributed by atoms with Crippen LogP contribution in [0.4, 0.5) is 0 Å². The third kappa shape index (κ3) is 52.5. The zero-order valence-electron chi connectivity index (χ0n) is 4.83. The molecule has 0 heterocycles. The van der Waals surface area contributed by atoms with Crippen LogP contribution in [0.3, 0.4) is 0 Å². The van der Waals surface area contributed by atoms with E-state index in [0.717, 1.165) is 0 Å². The Hall–Kier alpha value is -0.190. The van der Waals surface area contributed by atoms with Crippen molar-refractivity contribution in [2.75, 3.05) is 0 Å². The second-order valence-electron chi connectivity index (χ2n) is 1.06. The minimum absolute atomic E-state index is 0. The third-order valence-electron chi connectivity index (χ3n) is 0.183. The predicted molar refractivity (Wildman–Crippen MR) is 36.6 cm³/mol. The fourth-order valence-electron chi connectivity index (χ4n) is 0. The normalized spacial score (nSPS) is 8.50. The first kappa shape index (κ1) is 17.8. The summed E-state index contributed by atoms with van der Waals surface area (Å²) < 4.78 is 31.6. The van der Waals surface area contributed by atoms with Crippen molar-refractivity contribution in [2.45, 2.75) is 0 Å². The molecule has 0 spiro atoms. The predicted octanol–water partition coefficient (Wildman–Crippen LogP) is -2.15. The summed E-state index contributed by atoms with van der Waals surface area (Å²) in [6, 6.07) is 0. The Balaban J connectivity index is -0.000000126. The van der Waals surface area contributed by atoms with E-state index in [9.17, 15) is 0 Å². The molecule has 0 atom stereocenters. The summed E-state index contributed by atoms with van der Waals surface area (Å²) in [7, 11) is -4.67. The molecule has 0 fully saturated rings. The Kier molecular flexibility index (Phi) is 11.1. The van der Waals surface area contributed by atoms with E-state index in [-0.39, 0.29) is 29.6 Å². The molecule has 0 saturated carbocycles. The van der Waals surface area contributed by atoms with Crippen LogP contribution >= 0.6 is 0 Å². The first-order valence-electron chi connectivity index (χ1n) is 1.80. The third-order valence-corrected chi connectivity index (χ3v) is 0.183. The van der Waals surface area contributed by atoms with Crippen molar-refractivity contribution in [3.8, 4) is 0 Å². The van der Waals surface area contributed by atoms with Crippen molar-refractivity contribution < 1.29 is 37.3 Å². The van der Waals surface area contributed by atoms with E-state index in [0.29, 0.717) is 0 Å². The summed E-state index contributed by atoms with van der Waals surface area (Å²) >= 11 is 0. The number of hydrogen-bond acceptors (Lipinski definition) is 4. The van der Waals surface area contributed by atoms with Crippen molar-refractivity contribution in [1.29, 1.82) is 0 Å². The summed E-state index contributed by atoms with van der Waals surface area (Å²) in [6.07, 6.45) is 0. The molecule has 0 aromatic heterocycles. The topological polar surface area (TPSA) is 149 Å². The van der Waals surface area contributed by atoms with Gasteiger partial charge in [-0.05, 0) is 0 Å². The Morgan fingerprint density at radius 3 is 1.00 bits per heavy atom. The number of carboxylic acid groups (broad SMARTS) is 2. The molecule has 10 heteroatoms. The minimum atomic E-state index is -4.67. The van der Waals surface area contributed by atoms with E-state index >= 15 is 0 Å². The van der Waals surface area contributed by atoms with E-state index in [2.05, 4.69) is 0 Å². The van der Waals surface area contributed by atoms with Gasteiger partial charge >= 0.3 is 51.9 Å². The molecule has 0 aromatic carbocycles. The Labute approximate surface area is 89.1 Å². The summed E-state index contributed by atoms with van der Waals surface area (Å²) in [5.41, 5.74) is 0. The summed E-state index contributed by atoms with van der Waals surface area (Å²) in [5.74, 6) is -3.65. The summed E-state index contributed by atoms with van der Waals surface area (Å²) in [6.45, 7) is 0. The molecule has 0 aliphatic heterocycles. The van der Waals surface area contributed by atoms with Crippen LogP contribution < -0.4 is 0 Å². The van der Waals surface area contributed by atoms with Gasteiger partial charge in [0.05, 0.1) is 0 Å². The van der Waals surface area contributed by atoms with Gasteiger partial charge in [-0.2, -0.15) is 8.42 Å². The SMILES string of the molecule is O=C(O)C(=O)O.O=S(=O)(O)O.[NaH]. The monoisotopic (exact) mass is 212 g/mol. The number of rotatable bonds is 0. The van der Waals surface area contributed by atoms with Gasteiger partial charge in [-0.1, -0.05) is 0 Å². The number of hydrogen-bond donors (Lipinski definition) is 4. The number of carbonyl (C=O) groups is 2. The molecule has 0 bridgehead atoms. The van der Waals surface area contributed by atoms with Crippen molar-refractivity contribution in [2.24, 2.45) is 0 Å². The first-order valence-corrected chi connectivity index (χ1v) is 3.20. The molecular formula is C2H5NaO8S. The molecular weight excluding hydrogens is 207 g/mol. The second kappa shape index (κ2) is 7.46. The van der Waals surface area contributed by atoms with Crippen LogP contribution in [-0.4, -0.2) is 69.2 Å². The summed E-state index contributed by atoms with van der Waals surface area (Å²) in [4.78, 5) is 18.2. The average molecular weight is 212 g/mol. The van der Waals surface area contributed by atoms with Crippen molar-refractivity contribution in [1.82, 2.24) is 0 Å². The molecule has 4 N–H and O–H groups in total. The molecule has 0 amide bonds. The van der Waals surface area contributed by atoms with Gasteiger partial charge in [0.15, 0.2) is 0 Å². The van der Waals surface area contributed by atoms with Crippen LogP contribution in [0.15, 0.2) is 0 Å². The van der Waals surface area contributed by atoms with Crippen molar-refractivity contribution in [3.63, 3.8) is 0 Å². The Morgan fingerprint density at radius 1 is 0.917 bits per heavy atom. The van der Waals surface area contributed by atoms with Crippen LogP contribution in [0.1, 0.15) is 0 Å². The van der Waals surface area contributed by atoms with Gasteiger partial charge in [0.2, 0.25) is 0 Å². The van der Waals surface area contributed by atoms with Crippen LogP contribution in [0.5, 0.6) is 0 Å². The molecule has 0 radical (unpaired) electrons. The van der Waals surface area contributed by atoms with E-state index in [4.69, 9.17) is 37.3 Å². The van der Waals surface area contributed by atoms with Gasteiger partial charge < -0.3 is 10.2 Å². The number of aliphatic carboxylic acids is 2. The fourth-order valence-corrected chi connectivity index (χ4v) is 0. The van der Waals surface area contributed by atoms with Gasteiger partial charge in [0.1, 0.15) is 0 Å². The molecule has 0 aromatic rings. The average Bonchev–Trinajstić information content (AvgIpc) is 1.59. The van der Waals surface area contributed by atoms with Gasteiger partial charge in [-0.3, -0.25) is 9.11 Å². The van der Waals surface area contributed by atoms with Crippen LogP contribution in [0.25, 0.3) is 0 Å². The quantitative estimate of drug-likeness (QED) is 0.202. The van der Waals surface area contributed by atoms with Gasteiger partial charge in [0, 0.05) is 0 Å². The van der Waals surface area contributed by atoms with Gasteiger partial charge in [-0.15, -0.1) is 0 Å². The Bertz CT molecular complexity index is 220. The van der Waals surface area contributed by atoms with Crippen LogP contribution in [0, 0.1) is 0 Å². The molecule has 0 saturated heterocycles. The molecule has 12 heavy (non-hydrogen) atoms. The second-order valence-corrected chi connectivity index (χ2v) is 1.95. The maximum atomic E-state index is 9.10. The van der Waals surface area contributed by atoms with Gasteiger partial charge in [0.25, 0.3) is 0 Å². The molecule has 0 rings (SSSR count). The zero-order chi connectivity index (χ0) is 9.65. The molecule has 0 aliphatic rings. The first-order chi connectivity index (χ1) is 4.64. The van der Waals surface area contributed by atoms with E-state index < -0.39 is 22.3 Å². The molecule has 0 aliphatic carbocycles. The zero-order valence-corrected chi connectivity index (χ0v) is 5.65. The van der Waals surface area contributed by atoms with Crippen LogP contribution in [-0.2, 0) is 20.0 Å². The fraction of sp³-hybridized carbons (Fsp3) is 0. The molecule has 0 unspecified atom stereocenters. The van der Waals surface area contributed by atoms with E-state index in [1.165, 1.54) is 0 Å². The Morgan fingerprint density at radius 2 is 1.00 bits per heavy atom.